The molecule has 0 spiro atoms. The van der Waals surface area contributed by atoms with E-state index in [1.54, 1.807) is 6.92 Å². The first kappa shape index (κ1) is 21.0. The van der Waals surface area contributed by atoms with Crippen LogP contribution in [0.2, 0.25) is 0 Å². The predicted octanol–water partition coefficient (Wildman–Crippen LogP) is 4.74. The van der Waals surface area contributed by atoms with Crippen LogP contribution in [0.3, 0.4) is 0 Å². The number of rotatable bonds is 2. The third kappa shape index (κ3) is 3.52. The summed E-state index contributed by atoms with van der Waals surface area (Å²) in [6.07, 6.45) is 6.53. The number of aliphatic hydroxyl groups excluding tert-OH is 1. The van der Waals surface area contributed by atoms with Gasteiger partial charge in [-0.05, 0) is 69.9 Å². The number of fused-ring (bicyclic) bond motifs is 2. The number of esters is 1. The van der Waals surface area contributed by atoms with E-state index in [4.69, 9.17) is 4.74 Å². The summed E-state index contributed by atoms with van der Waals surface area (Å²) in [6.45, 7) is 12.2. The molecule has 1 saturated heterocycles. The van der Waals surface area contributed by atoms with E-state index >= 15 is 0 Å². The predicted molar refractivity (Wildman–Crippen MR) is 109 cm³/mol. The van der Waals surface area contributed by atoms with Gasteiger partial charge in [0.25, 0.3) is 0 Å². The summed E-state index contributed by atoms with van der Waals surface area (Å²) in [6, 6.07) is 0. The summed E-state index contributed by atoms with van der Waals surface area (Å²) in [5.74, 6) is 0.429. The van der Waals surface area contributed by atoms with Crippen LogP contribution in [0, 0.1) is 29.1 Å². The van der Waals surface area contributed by atoms with Gasteiger partial charge in [-0.2, -0.15) is 0 Å². The number of ketones is 1. The molecule has 3 aliphatic rings. The summed E-state index contributed by atoms with van der Waals surface area (Å²) in [7, 11) is 0. The fourth-order valence-electron chi connectivity index (χ4n) is 5.24. The van der Waals surface area contributed by atoms with Gasteiger partial charge in [0.15, 0.2) is 5.78 Å². The number of hydrogen-bond donors (Lipinski definition) is 1. The maximum atomic E-state index is 13.0. The lowest BCUT2D eigenvalue weighted by atomic mass is 9.69. The molecule has 154 valence electrons. The summed E-state index contributed by atoms with van der Waals surface area (Å²) >= 11 is 0. The lowest BCUT2D eigenvalue weighted by Gasteiger charge is -2.33. The molecule has 1 fully saturated rings. The topological polar surface area (TPSA) is 63.6 Å². The van der Waals surface area contributed by atoms with Crippen molar-refractivity contribution in [1.29, 1.82) is 0 Å². The lowest BCUT2D eigenvalue weighted by Crippen LogP contribution is -2.32. The lowest BCUT2D eigenvalue weighted by molar-refractivity contribution is -0.142. The zero-order valence-corrected chi connectivity index (χ0v) is 18.0. The van der Waals surface area contributed by atoms with Crippen molar-refractivity contribution in [1.82, 2.24) is 0 Å². The second-order valence-electron chi connectivity index (χ2n) is 9.54. The fourth-order valence-corrected chi connectivity index (χ4v) is 5.24. The molecule has 4 nitrogen and oxygen atoms in total. The maximum Gasteiger partial charge on any atom is 0.317 e. The molecule has 1 heterocycles. The van der Waals surface area contributed by atoms with E-state index in [0.717, 1.165) is 31.3 Å². The molecule has 0 unspecified atom stereocenters. The van der Waals surface area contributed by atoms with Gasteiger partial charge in [0.2, 0.25) is 0 Å². The van der Waals surface area contributed by atoms with E-state index in [-0.39, 0.29) is 23.6 Å². The van der Waals surface area contributed by atoms with E-state index in [2.05, 4.69) is 33.8 Å². The molecule has 5 atom stereocenters. The minimum absolute atomic E-state index is 0.214. The number of aliphatic hydroxyl groups is 1. The van der Waals surface area contributed by atoms with Crippen molar-refractivity contribution in [3.05, 3.63) is 34.6 Å². The zero-order valence-electron chi connectivity index (χ0n) is 18.0. The van der Waals surface area contributed by atoms with Crippen molar-refractivity contribution in [2.75, 3.05) is 0 Å². The molecular formula is C24H34O4. The first-order chi connectivity index (χ1) is 13.1. The van der Waals surface area contributed by atoms with Crippen LogP contribution >= 0.6 is 0 Å². The van der Waals surface area contributed by atoms with Gasteiger partial charge in [-0.1, -0.05) is 38.0 Å². The van der Waals surface area contributed by atoms with Crippen LogP contribution < -0.4 is 0 Å². The zero-order chi connectivity index (χ0) is 20.8. The van der Waals surface area contributed by atoms with Crippen LogP contribution in [0.15, 0.2) is 34.6 Å². The first-order valence-corrected chi connectivity index (χ1v) is 10.6. The molecule has 1 N–H and O–H groups in total. The quantitative estimate of drug-likeness (QED) is 0.550. The monoisotopic (exact) mass is 386 g/mol. The number of carbonyl (C=O) groups excluding carboxylic acids is 2. The minimum Gasteiger partial charge on any atom is -0.430 e. The molecule has 0 bridgehead atoms. The van der Waals surface area contributed by atoms with Crippen molar-refractivity contribution in [2.45, 2.75) is 73.3 Å². The van der Waals surface area contributed by atoms with E-state index in [1.165, 1.54) is 11.1 Å². The van der Waals surface area contributed by atoms with Gasteiger partial charge in [-0.25, -0.2) is 0 Å². The summed E-state index contributed by atoms with van der Waals surface area (Å²) < 4.78 is 5.64. The van der Waals surface area contributed by atoms with Crippen LogP contribution in [0.5, 0.6) is 0 Å². The van der Waals surface area contributed by atoms with Gasteiger partial charge in [-0.3, -0.25) is 9.59 Å². The highest BCUT2D eigenvalue weighted by Crippen LogP contribution is 2.50. The Hall–Kier alpha value is -1.68. The highest BCUT2D eigenvalue weighted by Gasteiger charge is 2.48. The third-order valence-corrected chi connectivity index (χ3v) is 7.12. The molecule has 0 saturated carbocycles. The van der Waals surface area contributed by atoms with Crippen LogP contribution in [0.4, 0.5) is 0 Å². The Labute approximate surface area is 168 Å². The van der Waals surface area contributed by atoms with Gasteiger partial charge in [0.05, 0.1) is 17.9 Å². The molecular weight excluding hydrogens is 352 g/mol. The summed E-state index contributed by atoms with van der Waals surface area (Å²) in [5.41, 5.74) is 3.08. The van der Waals surface area contributed by atoms with E-state index < -0.39 is 17.4 Å². The number of allylic oxidation sites excluding steroid dienone is 5. The molecule has 0 amide bonds. The van der Waals surface area contributed by atoms with E-state index in [9.17, 15) is 14.7 Å². The Bertz CT molecular complexity index is 767. The van der Waals surface area contributed by atoms with E-state index in [0.29, 0.717) is 11.7 Å². The average molecular weight is 387 g/mol. The van der Waals surface area contributed by atoms with Gasteiger partial charge >= 0.3 is 5.97 Å². The molecule has 28 heavy (non-hydrogen) atoms. The second kappa shape index (κ2) is 7.62. The Kier molecular flexibility index (Phi) is 5.73. The normalized spacial score (nSPS) is 36.9. The Morgan fingerprint density at radius 1 is 1.18 bits per heavy atom. The molecule has 0 aromatic rings. The second-order valence-corrected chi connectivity index (χ2v) is 9.54. The van der Waals surface area contributed by atoms with Crippen LogP contribution in [0.1, 0.15) is 67.2 Å². The average Bonchev–Trinajstić information content (AvgIpc) is 3.05. The molecule has 0 aromatic carbocycles. The van der Waals surface area contributed by atoms with Crippen molar-refractivity contribution in [3.63, 3.8) is 0 Å². The van der Waals surface area contributed by atoms with E-state index in [1.807, 2.05) is 13.0 Å². The SMILES string of the molecule is CC1=C2OC(=O)[C@H]([C@H](C)O)[C@@H]2/C=C(\C)CC[C@@H]2C(C(C)C)=CC(=O)[C@@]2(C)CC1. The van der Waals surface area contributed by atoms with Crippen molar-refractivity contribution >= 4 is 11.8 Å². The van der Waals surface area contributed by atoms with Gasteiger partial charge < -0.3 is 9.84 Å². The van der Waals surface area contributed by atoms with Crippen LogP contribution in [0.25, 0.3) is 0 Å². The largest absolute Gasteiger partial charge is 0.430 e. The Morgan fingerprint density at radius 2 is 1.86 bits per heavy atom. The Balaban J connectivity index is 2.02. The molecule has 3 rings (SSSR count). The highest BCUT2D eigenvalue weighted by molar-refractivity contribution is 5.98. The smallest absolute Gasteiger partial charge is 0.317 e. The third-order valence-electron chi connectivity index (χ3n) is 7.12. The van der Waals surface area contributed by atoms with Gasteiger partial charge in [-0.15, -0.1) is 0 Å². The Morgan fingerprint density at radius 3 is 2.46 bits per heavy atom. The number of hydrogen-bond acceptors (Lipinski definition) is 4. The van der Waals surface area contributed by atoms with Crippen LogP contribution in [-0.2, 0) is 14.3 Å². The van der Waals surface area contributed by atoms with Gasteiger partial charge in [0, 0.05) is 5.41 Å². The first-order valence-electron chi connectivity index (χ1n) is 10.6. The summed E-state index contributed by atoms with van der Waals surface area (Å²) in [5, 5.41) is 10.2. The maximum absolute atomic E-state index is 13.0. The minimum atomic E-state index is -0.758. The fraction of sp³-hybridized carbons (Fsp3) is 0.667. The molecule has 2 aliphatic carbocycles. The van der Waals surface area contributed by atoms with Crippen LogP contribution in [-0.4, -0.2) is 23.0 Å². The van der Waals surface area contributed by atoms with Gasteiger partial charge in [0.1, 0.15) is 5.76 Å². The van der Waals surface area contributed by atoms with Crippen molar-refractivity contribution < 1.29 is 19.4 Å². The molecule has 0 radical (unpaired) electrons. The molecule has 4 heteroatoms. The number of carbonyl (C=O) groups is 2. The highest BCUT2D eigenvalue weighted by atomic mass is 16.5. The standard InChI is InChI=1S/C24H34O4/c1-13(2)17-12-20(26)24(6)10-9-15(4)22-18(11-14(3)7-8-19(17)24)21(16(5)25)23(27)28-22/h11-13,16,18-19,21,25H,7-10H2,1-6H3/b14-11+,22-15?/t16-,18-,19+,21+,24-/m0/s1. The number of ether oxygens (including phenoxy) is 1. The van der Waals surface area contributed by atoms with Crippen molar-refractivity contribution in [3.8, 4) is 0 Å². The molecule has 1 aliphatic heterocycles. The molecule has 0 aromatic heterocycles. The summed E-state index contributed by atoms with van der Waals surface area (Å²) in [4.78, 5) is 25.4. The van der Waals surface area contributed by atoms with Crippen molar-refractivity contribution in [2.24, 2.45) is 29.1 Å².